The Morgan fingerprint density at radius 2 is 1.76 bits per heavy atom. The Morgan fingerprint density at radius 1 is 1.20 bits per heavy atom. The van der Waals surface area contributed by atoms with Crippen molar-refractivity contribution in [3.63, 3.8) is 0 Å². The van der Waals surface area contributed by atoms with Crippen LogP contribution in [-0.2, 0) is 10.0 Å². The van der Waals surface area contributed by atoms with Crippen molar-refractivity contribution in [2.24, 2.45) is 0 Å². The number of anilines is 1. The molecule has 2 rings (SSSR count). The highest BCUT2D eigenvalue weighted by atomic mass is 32.2. The molecule has 1 aliphatic rings. The smallest absolute Gasteiger partial charge is 0.293 e. The standard InChI is InChI=1S/C16H26N4O4S/c1-15(2)9-11(10-16(3,4)19-15)18-13-7-6-12(25(23,24)17-5)8-14(13)20(21)22/h6-8,11,17-19H,9-10H2,1-5H3. The molecule has 0 aromatic heterocycles. The van der Waals surface area contributed by atoms with Gasteiger partial charge in [-0.05, 0) is 59.7 Å². The molecule has 140 valence electrons. The van der Waals surface area contributed by atoms with Gasteiger partial charge in [0.1, 0.15) is 5.69 Å². The zero-order valence-electron chi connectivity index (χ0n) is 15.2. The van der Waals surface area contributed by atoms with Crippen molar-refractivity contribution >= 4 is 21.4 Å². The Labute approximate surface area is 148 Å². The maximum atomic E-state index is 11.9. The Morgan fingerprint density at radius 3 is 2.24 bits per heavy atom. The lowest BCUT2D eigenvalue weighted by molar-refractivity contribution is -0.384. The number of hydrogen-bond donors (Lipinski definition) is 3. The second-order valence-electron chi connectivity index (χ2n) is 7.79. The van der Waals surface area contributed by atoms with Crippen LogP contribution < -0.4 is 15.4 Å². The molecule has 9 heteroatoms. The molecule has 8 nitrogen and oxygen atoms in total. The molecule has 0 spiro atoms. The summed E-state index contributed by atoms with van der Waals surface area (Å²) in [6.45, 7) is 8.39. The van der Waals surface area contributed by atoms with Crippen LogP contribution in [0, 0.1) is 10.1 Å². The third-order valence-corrected chi connectivity index (χ3v) is 5.71. The van der Waals surface area contributed by atoms with Crippen LogP contribution >= 0.6 is 0 Å². The Bertz CT molecular complexity index is 758. The SMILES string of the molecule is CNS(=O)(=O)c1ccc(NC2CC(C)(C)NC(C)(C)C2)c([N+](=O)[O-])c1. The molecule has 25 heavy (non-hydrogen) atoms. The summed E-state index contributed by atoms with van der Waals surface area (Å²) in [5.74, 6) is 0. The minimum absolute atomic E-state index is 0.0386. The van der Waals surface area contributed by atoms with Crippen LogP contribution in [0.1, 0.15) is 40.5 Å². The van der Waals surface area contributed by atoms with E-state index in [0.717, 1.165) is 18.9 Å². The van der Waals surface area contributed by atoms with Gasteiger partial charge < -0.3 is 10.6 Å². The first-order valence-corrected chi connectivity index (χ1v) is 9.61. The highest BCUT2D eigenvalue weighted by Gasteiger charge is 2.38. The zero-order chi connectivity index (χ0) is 19.0. The lowest BCUT2D eigenvalue weighted by atomic mass is 9.79. The van der Waals surface area contributed by atoms with Crippen molar-refractivity contribution < 1.29 is 13.3 Å². The molecule has 0 amide bonds. The van der Waals surface area contributed by atoms with Gasteiger partial charge in [-0.1, -0.05) is 0 Å². The van der Waals surface area contributed by atoms with Crippen LogP contribution in [0.15, 0.2) is 23.1 Å². The number of nitro benzene ring substituents is 1. The zero-order valence-corrected chi connectivity index (χ0v) is 16.0. The van der Waals surface area contributed by atoms with Gasteiger partial charge in [-0.2, -0.15) is 0 Å². The van der Waals surface area contributed by atoms with Crippen molar-refractivity contribution in [2.45, 2.75) is 62.6 Å². The van der Waals surface area contributed by atoms with Crippen molar-refractivity contribution in [3.05, 3.63) is 28.3 Å². The number of nitrogens with one attached hydrogen (secondary N) is 3. The van der Waals surface area contributed by atoms with Crippen molar-refractivity contribution in [2.75, 3.05) is 12.4 Å². The van der Waals surface area contributed by atoms with Gasteiger partial charge >= 0.3 is 0 Å². The molecule has 3 N–H and O–H groups in total. The fourth-order valence-electron chi connectivity index (χ4n) is 3.71. The number of rotatable bonds is 5. The van der Waals surface area contributed by atoms with E-state index in [1.165, 1.54) is 19.2 Å². The van der Waals surface area contributed by atoms with E-state index in [9.17, 15) is 18.5 Å². The summed E-state index contributed by atoms with van der Waals surface area (Å²) in [4.78, 5) is 10.7. The summed E-state index contributed by atoms with van der Waals surface area (Å²) in [5.41, 5.74) is -0.128. The molecule has 1 saturated heterocycles. The molecule has 0 aliphatic carbocycles. The summed E-state index contributed by atoms with van der Waals surface area (Å²) < 4.78 is 25.9. The summed E-state index contributed by atoms with van der Waals surface area (Å²) in [6.07, 6.45) is 1.59. The number of benzene rings is 1. The van der Waals surface area contributed by atoms with Crippen LogP contribution in [0.25, 0.3) is 0 Å². The molecule has 0 atom stereocenters. The quantitative estimate of drug-likeness (QED) is 0.541. The number of sulfonamides is 1. The molecule has 0 unspecified atom stereocenters. The second kappa shape index (κ2) is 6.54. The lowest BCUT2D eigenvalue weighted by Crippen LogP contribution is -2.60. The molecule has 1 aromatic rings. The second-order valence-corrected chi connectivity index (χ2v) is 9.67. The van der Waals surface area contributed by atoms with Crippen molar-refractivity contribution in [1.82, 2.24) is 10.0 Å². The van der Waals surface area contributed by atoms with Crippen LogP contribution in [-0.4, -0.2) is 37.5 Å². The van der Waals surface area contributed by atoms with Gasteiger partial charge in [-0.3, -0.25) is 10.1 Å². The lowest BCUT2D eigenvalue weighted by Gasteiger charge is -2.46. The molecule has 0 radical (unpaired) electrons. The highest BCUT2D eigenvalue weighted by Crippen LogP contribution is 2.34. The molecule has 1 aliphatic heterocycles. The summed E-state index contributed by atoms with van der Waals surface area (Å²) in [6, 6.07) is 3.96. The minimum Gasteiger partial charge on any atom is -0.377 e. The minimum atomic E-state index is -3.73. The predicted molar refractivity (Wildman–Crippen MR) is 97.3 cm³/mol. The maximum absolute atomic E-state index is 11.9. The summed E-state index contributed by atoms with van der Waals surface area (Å²) in [5, 5.41) is 18.2. The Hall–Kier alpha value is -1.71. The number of nitro groups is 1. The van der Waals surface area contributed by atoms with E-state index in [-0.39, 0.29) is 27.7 Å². The Balaban J connectivity index is 2.35. The van der Waals surface area contributed by atoms with Crippen LogP contribution in [0.5, 0.6) is 0 Å². The fraction of sp³-hybridized carbons (Fsp3) is 0.625. The largest absolute Gasteiger partial charge is 0.377 e. The molecule has 1 fully saturated rings. The highest BCUT2D eigenvalue weighted by molar-refractivity contribution is 7.89. The summed E-state index contributed by atoms with van der Waals surface area (Å²) in [7, 11) is -2.46. The normalized spacial score (nSPS) is 20.2. The van der Waals surface area contributed by atoms with E-state index in [1.807, 2.05) is 0 Å². The van der Waals surface area contributed by atoms with Gasteiger partial charge in [0, 0.05) is 23.2 Å². The first-order valence-electron chi connectivity index (χ1n) is 8.13. The van der Waals surface area contributed by atoms with Gasteiger partial charge in [0.05, 0.1) is 9.82 Å². The summed E-state index contributed by atoms with van der Waals surface area (Å²) >= 11 is 0. The fourth-order valence-corrected chi connectivity index (χ4v) is 4.46. The van der Waals surface area contributed by atoms with E-state index in [4.69, 9.17) is 0 Å². The van der Waals surface area contributed by atoms with Gasteiger partial charge in [-0.15, -0.1) is 0 Å². The van der Waals surface area contributed by atoms with Gasteiger partial charge in [0.15, 0.2) is 0 Å². The van der Waals surface area contributed by atoms with E-state index in [0.29, 0.717) is 5.69 Å². The third-order valence-electron chi connectivity index (χ3n) is 4.29. The molecular formula is C16H26N4O4S. The van der Waals surface area contributed by atoms with Gasteiger partial charge in [0.25, 0.3) is 5.69 Å². The van der Waals surface area contributed by atoms with Gasteiger partial charge in [0.2, 0.25) is 10.0 Å². The van der Waals surface area contributed by atoms with E-state index < -0.39 is 14.9 Å². The maximum Gasteiger partial charge on any atom is 0.293 e. The monoisotopic (exact) mass is 370 g/mol. The average Bonchev–Trinajstić information content (AvgIpc) is 2.43. The van der Waals surface area contributed by atoms with Crippen LogP contribution in [0.4, 0.5) is 11.4 Å². The van der Waals surface area contributed by atoms with Crippen molar-refractivity contribution in [1.29, 1.82) is 0 Å². The van der Waals surface area contributed by atoms with E-state index in [1.54, 1.807) is 0 Å². The van der Waals surface area contributed by atoms with Crippen LogP contribution in [0.2, 0.25) is 0 Å². The number of nitrogens with zero attached hydrogens (tertiary/aromatic N) is 1. The number of piperidine rings is 1. The first kappa shape index (κ1) is 19.6. The molecule has 1 heterocycles. The predicted octanol–water partition coefficient (Wildman–Crippen LogP) is 2.22. The number of hydrogen-bond acceptors (Lipinski definition) is 6. The van der Waals surface area contributed by atoms with Gasteiger partial charge in [-0.25, -0.2) is 13.1 Å². The molecule has 1 aromatic carbocycles. The van der Waals surface area contributed by atoms with Crippen LogP contribution in [0.3, 0.4) is 0 Å². The topological polar surface area (TPSA) is 113 Å². The molecular weight excluding hydrogens is 344 g/mol. The van der Waals surface area contributed by atoms with Crippen molar-refractivity contribution in [3.8, 4) is 0 Å². The molecule has 0 saturated carbocycles. The first-order chi connectivity index (χ1) is 11.4. The Kier molecular flexibility index (Phi) is 5.13. The molecule has 0 bridgehead atoms. The average molecular weight is 370 g/mol. The third kappa shape index (κ3) is 4.68. The van der Waals surface area contributed by atoms with E-state index >= 15 is 0 Å². The van der Waals surface area contributed by atoms with E-state index in [2.05, 4.69) is 43.1 Å².